The van der Waals surface area contributed by atoms with E-state index in [1.807, 2.05) is 6.07 Å². The summed E-state index contributed by atoms with van der Waals surface area (Å²) in [4.78, 5) is 11.0. The third-order valence-electron chi connectivity index (χ3n) is 2.26. The molecule has 2 aromatic rings. The Labute approximate surface area is 99.4 Å². The number of fused-ring (bicyclic) bond motifs is 1. The largest absolute Gasteiger partial charge is 0.478 e. The number of aryl methyl sites for hydroxylation is 1. The van der Waals surface area contributed by atoms with Crippen molar-refractivity contribution in [1.29, 1.82) is 0 Å². The average molecular weight is 289 g/mol. The molecule has 2 rings (SSSR count). The molecule has 1 aromatic carbocycles. The van der Waals surface area contributed by atoms with Crippen molar-refractivity contribution in [2.24, 2.45) is 7.05 Å². The molecule has 1 heterocycles. The minimum atomic E-state index is -0.945. The van der Waals surface area contributed by atoms with Crippen molar-refractivity contribution in [3.05, 3.63) is 33.4 Å². The van der Waals surface area contributed by atoms with Crippen LogP contribution in [0, 0.1) is 0 Å². The normalized spacial score (nSPS) is 10.9. The van der Waals surface area contributed by atoms with Crippen LogP contribution < -0.4 is 0 Å². The number of rotatable bonds is 1. The van der Waals surface area contributed by atoms with Crippen LogP contribution in [0.4, 0.5) is 0 Å². The van der Waals surface area contributed by atoms with Gasteiger partial charge in [-0.3, -0.25) is 0 Å². The van der Waals surface area contributed by atoms with Gasteiger partial charge in [0.2, 0.25) is 0 Å². The summed E-state index contributed by atoms with van der Waals surface area (Å²) in [5.41, 5.74) is 1.10. The summed E-state index contributed by atoms with van der Waals surface area (Å²) in [5, 5.41) is 10.1. The first-order chi connectivity index (χ1) is 7.00. The summed E-state index contributed by atoms with van der Waals surface area (Å²) in [6, 6.07) is 3.47. The highest BCUT2D eigenvalue weighted by Gasteiger charge is 2.14. The van der Waals surface area contributed by atoms with Gasteiger partial charge < -0.3 is 9.67 Å². The summed E-state index contributed by atoms with van der Waals surface area (Å²) >= 11 is 9.23. The molecule has 0 amide bonds. The smallest absolute Gasteiger partial charge is 0.337 e. The molecule has 78 valence electrons. The maximum Gasteiger partial charge on any atom is 0.337 e. The van der Waals surface area contributed by atoms with Crippen LogP contribution in [0.1, 0.15) is 10.4 Å². The highest BCUT2D eigenvalue weighted by atomic mass is 79.9. The first kappa shape index (κ1) is 10.5. The van der Waals surface area contributed by atoms with E-state index in [1.54, 1.807) is 23.9 Å². The third-order valence-corrected chi connectivity index (χ3v) is 3.46. The molecule has 0 atom stereocenters. The van der Waals surface area contributed by atoms with Gasteiger partial charge in [0.1, 0.15) is 0 Å². The van der Waals surface area contributed by atoms with Crippen LogP contribution in [0.25, 0.3) is 10.9 Å². The first-order valence-electron chi connectivity index (χ1n) is 4.18. The quantitative estimate of drug-likeness (QED) is 0.875. The highest BCUT2D eigenvalue weighted by Crippen LogP contribution is 2.30. The number of benzene rings is 1. The molecule has 0 aliphatic rings. The molecule has 1 N–H and O–H groups in total. The number of halogens is 2. The van der Waals surface area contributed by atoms with Gasteiger partial charge in [-0.15, -0.1) is 0 Å². The van der Waals surface area contributed by atoms with Crippen molar-refractivity contribution >= 4 is 44.4 Å². The van der Waals surface area contributed by atoms with Gasteiger partial charge in [-0.05, 0) is 28.1 Å². The molecule has 5 heteroatoms. The maximum absolute atomic E-state index is 11.0. The fraction of sp³-hybridized carbons (Fsp3) is 0.100. The molecule has 0 spiro atoms. The topological polar surface area (TPSA) is 42.2 Å². The fourth-order valence-electron chi connectivity index (χ4n) is 1.55. The second kappa shape index (κ2) is 3.54. The first-order valence-corrected chi connectivity index (χ1v) is 5.35. The monoisotopic (exact) mass is 287 g/mol. The summed E-state index contributed by atoms with van der Waals surface area (Å²) in [5.74, 6) is -0.945. The van der Waals surface area contributed by atoms with Gasteiger partial charge in [-0.2, -0.15) is 0 Å². The van der Waals surface area contributed by atoms with Crippen LogP contribution in [0.2, 0.25) is 5.02 Å². The van der Waals surface area contributed by atoms with Crippen LogP contribution in [0.5, 0.6) is 0 Å². The lowest BCUT2D eigenvalue weighted by Gasteiger charge is -1.99. The predicted octanol–water partition coefficient (Wildman–Crippen LogP) is 3.29. The van der Waals surface area contributed by atoms with Crippen molar-refractivity contribution in [2.75, 3.05) is 0 Å². The summed E-state index contributed by atoms with van der Waals surface area (Å²) in [6.45, 7) is 0. The predicted molar refractivity (Wildman–Crippen MR) is 62.6 cm³/mol. The Morgan fingerprint density at radius 2 is 2.20 bits per heavy atom. The van der Waals surface area contributed by atoms with Gasteiger partial charge in [-0.25, -0.2) is 4.79 Å². The van der Waals surface area contributed by atoms with E-state index in [4.69, 9.17) is 16.7 Å². The second-order valence-corrected chi connectivity index (χ2v) is 4.50. The Bertz CT molecular complexity index is 562. The van der Waals surface area contributed by atoms with E-state index in [2.05, 4.69) is 15.9 Å². The average Bonchev–Trinajstić information content (AvgIpc) is 2.45. The SMILES string of the molecule is Cn1cc(C(=O)O)c2cc(Cl)c(Br)cc21. The lowest BCUT2D eigenvalue weighted by Crippen LogP contribution is -1.93. The lowest BCUT2D eigenvalue weighted by atomic mass is 10.2. The number of aromatic carboxylic acids is 1. The van der Waals surface area contributed by atoms with Crippen LogP contribution >= 0.6 is 27.5 Å². The van der Waals surface area contributed by atoms with Gasteiger partial charge >= 0.3 is 5.97 Å². The molecule has 0 radical (unpaired) electrons. The Kier molecular flexibility index (Phi) is 2.48. The van der Waals surface area contributed by atoms with E-state index in [0.717, 1.165) is 9.99 Å². The van der Waals surface area contributed by atoms with Crippen molar-refractivity contribution in [1.82, 2.24) is 4.57 Å². The standard InChI is InChI=1S/C10H7BrClNO2/c1-13-4-6(10(14)15)5-2-8(12)7(11)3-9(5)13/h2-4H,1H3,(H,14,15). The highest BCUT2D eigenvalue weighted by molar-refractivity contribution is 9.10. The zero-order valence-corrected chi connectivity index (χ0v) is 10.1. The fourth-order valence-corrected chi connectivity index (χ4v) is 2.04. The Morgan fingerprint density at radius 1 is 1.53 bits per heavy atom. The van der Waals surface area contributed by atoms with E-state index in [1.165, 1.54) is 0 Å². The minimum Gasteiger partial charge on any atom is -0.478 e. The van der Waals surface area contributed by atoms with Crippen LogP contribution in [0.15, 0.2) is 22.8 Å². The van der Waals surface area contributed by atoms with Gasteiger partial charge in [0, 0.05) is 28.6 Å². The van der Waals surface area contributed by atoms with Gasteiger partial charge in [-0.1, -0.05) is 11.6 Å². The summed E-state index contributed by atoms with van der Waals surface area (Å²) in [6.07, 6.45) is 1.58. The summed E-state index contributed by atoms with van der Waals surface area (Å²) in [7, 11) is 1.80. The van der Waals surface area contributed by atoms with Gasteiger partial charge in [0.05, 0.1) is 10.6 Å². The van der Waals surface area contributed by atoms with Gasteiger partial charge in [0.15, 0.2) is 0 Å². The second-order valence-electron chi connectivity index (χ2n) is 3.24. The number of hydrogen-bond acceptors (Lipinski definition) is 1. The van der Waals surface area contributed by atoms with E-state index >= 15 is 0 Å². The maximum atomic E-state index is 11.0. The molecule has 0 aliphatic heterocycles. The zero-order valence-electron chi connectivity index (χ0n) is 7.79. The molecule has 0 saturated heterocycles. The molecule has 0 aliphatic carbocycles. The number of hydrogen-bond donors (Lipinski definition) is 1. The van der Waals surface area contributed by atoms with Crippen molar-refractivity contribution < 1.29 is 9.90 Å². The van der Waals surface area contributed by atoms with Gasteiger partial charge in [0.25, 0.3) is 0 Å². The van der Waals surface area contributed by atoms with Crippen molar-refractivity contribution in [3.63, 3.8) is 0 Å². The molecular formula is C10H7BrClNO2. The number of nitrogens with zero attached hydrogens (tertiary/aromatic N) is 1. The molecule has 3 nitrogen and oxygen atoms in total. The van der Waals surface area contributed by atoms with Crippen LogP contribution in [-0.4, -0.2) is 15.6 Å². The third kappa shape index (κ3) is 1.64. The summed E-state index contributed by atoms with van der Waals surface area (Å²) < 4.78 is 2.52. The minimum absolute atomic E-state index is 0.266. The Morgan fingerprint density at radius 3 is 2.80 bits per heavy atom. The molecule has 0 fully saturated rings. The molecular weight excluding hydrogens is 281 g/mol. The lowest BCUT2D eigenvalue weighted by molar-refractivity contribution is 0.0699. The Balaban J connectivity index is 2.88. The van der Waals surface area contributed by atoms with E-state index in [-0.39, 0.29) is 5.56 Å². The molecule has 1 aromatic heterocycles. The van der Waals surface area contributed by atoms with Crippen molar-refractivity contribution in [3.8, 4) is 0 Å². The van der Waals surface area contributed by atoms with E-state index < -0.39 is 5.97 Å². The van der Waals surface area contributed by atoms with Crippen molar-refractivity contribution in [2.45, 2.75) is 0 Å². The number of carbonyl (C=O) groups is 1. The number of carboxylic acid groups (broad SMARTS) is 1. The molecule has 0 saturated carbocycles. The Hall–Kier alpha value is -1.000. The van der Waals surface area contributed by atoms with E-state index in [9.17, 15) is 4.79 Å². The molecule has 15 heavy (non-hydrogen) atoms. The molecule has 0 bridgehead atoms. The molecule has 0 unspecified atom stereocenters. The van der Waals surface area contributed by atoms with Crippen LogP contribution in [-0.2, 0) is 7.05 Å². The van der Waals surface area contributed by atoms with E-state index in [0.29, 0.717) is 10.4 Å². The number of aromatic nitrogens is 1. The zero-order chi connectivity index (χ0) is 11.2. The number of carboxylic acids is 1. The van der Waals surface area contributed by atoms with Crippen LogP contribution in [0.3, 0.4) is 0 Å².